The van der Waals surface area contributed by atoms with Crippen molar-refractivity contribution in [2.45, 2.75) is 18.8 Å². The molecule has 1 atom stereocenters. The van der Waals surface area contributed by atoms with E-state index in [1.807, 2.05) is 0 Å². The monoisotopic (exact) mass is 406 g/mol. The van der Waals surface area contributed by atoms with E-state index >= 15 is 0 Å². The number of pyridine rings is 2. The summed E-state index contributed by atoms with van der Waals surface area (Å²) in [6.45, 7) is 0.770. The minimum Gasteiger partial charge on any atom is -0.493 e. The first-order valence-corrected chi connectivity index (χ1v) is 9.74. The van der Waals surface area contributed by atoms with Crippen LogP contribution in [0.15, 0.2) is 42.9 Å². The van der Waals surface area contributed by atoms with E-state index in [0.29, 0.717) is 48.6 Å². The van der Waals surface area contributed by atoms with E-state index in [9.17, 15) is 8.78 Å². The maximum Gasteiger partial charge on any atom is 0.170 e. The molecule has 4 aromatic rings. The average molecular weight is 406 g/mol. The second kappa shape index (κ2) is 6.48. The SMILES string of the molecule is Fc1cccnc1-c1cc2c(n3cnnc13)CCc1c(F)ccc3c1[C@H](CO3)CO2. The van der Waals surface area contributed by atoms with Gasteiger partial charge < -0.3 is 9.47 Å². The molecular formula is C22H16F2N4O2. The van der Waals surface area contributed by atoms with Crippen molar-refractivity contribution in [2.75, 3.05) is 13.2 Å². The summed E-state index contributed by atoms with van der Waals surface area (Å²) in [4.78, 5) is 4.19. The molecule has 0 fully saturated rings. The van der Waals surface area contributed by atoms with E-state index in [-0.39, 0.29) is 17.4 Å². The van der Waals surface area contributed by atoms with Crippen molar-refractivity contribution in [3.8, 4) is 22.8 Å². The van der Waals surface area contributed by atoms with Gasteiger partial charge in [0.15, 0.2) is 5.65 Å². The first-order chi connectivity index (χ1) is 14.7. The van der Waals surface area contributed by atoms with E-state index in [0.717, 1.165) is 17.0 Å². The van der Waals surface area contributed by atoms with Crippen molar-refractivity contribution < 1.29 is 18.3 Å². The Kier molecular flexibility index (Phi) is 3.74. The summed E-state index contributed by atoms with van der Waals surface area (Å²) < 4.78 is 42.9. The van der Waals surface area contributed by atoms with Gasteiger partial charge in [-0.3, -0.25) is 9.38 Å². The Hall–Kier alpha value is -3.55. The second-order valence-electron chi connectivity index (χ2n) is 7.48. The van der Waals surface area contributed by atoms with Gasteiger partial charge >= 0.3 is 0 Å². The van der Waals surface area contributed by atoms with Crippen LogP contribution in [0, 0.1) is 11.6 Å². The molecule has 1 aromatic carbocycles. The van der Waals surface area contributed by atoms with Gasteiger partial charge in [-0.2, -0.15) is 0 Å². The smallest absolute Gasteiger partial charge is 0.170 e. The van der Waals surface area contributed by atoms with Crippen LogP contribution in [0.25, 0.3) is 16.9 Å². The summed E-state index contributed by atoms with van der Waals surface area (Å²) in [6, 6.07) is 7.79. The van der Waals surface area contributed by atoms with Gasteiger partial charge in [-0.15, -0.1) is 10.2 Å². The third-order valence-electron chi connectivity index (χ3n) is 5.81. The lowest BCUT2D eigenvalue weighted by Crippen LogP contribution is -2.13. The van der Waals surface area contributed by atoms with Crippen LogP contribution in [0.3, 0.4) is 0 Å². The Morgan fingerprint density at radius 3 is 2.73 bits per heavy atom. The summed E-state index contributed by atoms with van der Waals surface area (Å²) in [5.74, 6) is 0.553. The van der Waals surface area contributed by atoms with Crippen LogP contribution < -0.4 is 9.47 Å². The third kappa shape index (κ3) is 2.49. The van der Waals surface area contributed by atoms with Crippen LogP contribution in [0.4, 0.5) is 8.78 Å². The number of hydrogen-bond acceptors (Lipinski definition) is 5. The first-order valence-electron chi connectivity index (χ1n) is 9.74. The first kappa shape index (κ1) is 17.3. The zero-order valence-corrected chi connectivity index (χ0v) is 15.8. The molecule has 0 spiro atoms. The fraction of sp³-hybridized carbons (Fsp3) is 0.227. The molecule has 0 saturated carbocycles. The maximum absolute atomic E-state index is 14.7. The topological polar surface area (TPSA) is 61.5 Å². The molecular weight excluding hydrogens is 390 g/mol. The predicted molar refractivity (Wildman–Crippen MR) is 104 cm³/mol. The van der Waals surface area contributed by atoms with Crippen LogP contribution in [0.2, 0.25) is 0 Å². The van der Waals surface area contributed by atoms with Crippen molar-refractivity contribution >= 4 is 5.65 Å². The Morgan fingerprint density at radius 2 is 1.87 bits per heavy atom. The highest BCUT2D eigenvalue weighted by Gasteiger charge is 2.31. The lowest BCUT2D eigenvalue weighted by Gasteiger charge is -2.16. The van der Waals surface area contributed by atoms with E-state index in [1.54, 1.807) is 22.9 Å². The number of fused-ring (bicyclic) bond motifs is 3. The molecule has 30 heavy (non-hydrogen) atoms. The normalized spacial score (nSPS) is 17.3. The molecule has 0 bridgehead atoms. The number of nitrogens with zero attached hydrogens (tertiary/aromatic N) is 4. The minimum atomic E-state index is -0.450. The third-order valence-corrected chi connectivity index (χ3v) is 5.81. The van der Waals surface area contributed by atoms with E-state index in [2.05, 4.69) is 15.2 Å². The van der Waals surface area contributed by atoms with Gasteiger partial charge in [-0.1, -0.05) is 0 Å². The maximum atomic E-state index is 14.7. The van der Waals surface area contributed by atoms with E-state index < -0.39 is 5.82 Å². The quantitative estimate of drug-likeness (QED) is 0.482. The van der Waals surface area contributed by atoms with Crippen LogP contribution >= 0.6 is 0 Å². The molecule has 8 heteroatoms. The summed E-state index contributed by atoms with van der Waals surface area (Å²) in [5, 5.41) is 8.20. The Labute approximate surface area is 170 Å². The van der Waals surface area contributed by atoms with Crippen LogP contribution in [0.1, 0.15) is 22.7 Å². The number of ether oxygens (including phenoxy) is 2. The molecule has 150 valence electrons. The van der Waals surface area contributed by atoms with Gasteiger partial charge in [0.1, 0.15) is 35.2 Å². The van der Waals surface area contributed by atoms with Crippen molar-refractivity contribution in [1.29, 1.82) is 0 Å². The predicted octanol–water partition coefficient (Wildman–Crippen LogP) is 3.72. The minimum absolute atomic E-state index is 0.0664. The largest absolute Gasteiger partial charge is 0.493 e. The number of aromatic nitrogens is 4. The van der Waals surface area contributed by atoms with E-state index in [4.69, 9.17) is 9.47 Å². The molecule has 6 rings (SSSR count). The van der Waals surface area contributed by atoms with Crippen molar-refractivity contribution in [3.63, 3.8) is 0 Å². The summed E-state index contributed by atoms with van der Waals surface area (Å²) >= 11 is 0. The Bertz CT molecular complexity index is 1300. The van der Waals surface area contributed by atoms with Gasteiger partial charge in [0.25, 0.3) is 0 Å². The highest BCUT2D eigenvalue weighted by molar-refractivity contribution is 5.77. The van der Waals surface area contributed by atoms with Crippen LogP contribution in [-0.2, 0) is 12.8 Å². The van der Waals surface area contributed by atoms with Gasteiger partial charge in [0.05, 0.1) is 30.4 Å². The second-order valence-corrected chi connectivity index (χ2v) is 7.48. The molecule has 0 N–H and O–H groups in total. The van der Waals surface area contributed by atoms with E-state index in [1.165, 1.54) is 24.4 Å². The molecule has 0 amide bonds. The number of aryl methyl sites for hydroxylation is 1. The fourth-order valence-corrected chi connectivity index (χ4v) is 4.42. The number of rotatable bonds is 1. The molecule has 0 radical (unpaired) electrons. The zero-order chi connectivity index (χ0) is 20.2. The van der Waals surface area contributed by atoms with Gasteiger partial charge in [-0.25, -0.2) is 8.78 Å². The molecule has 5 heterocycles. The zero-order valence-electron chi connectivity index (χ0n) is 15.8. The molecule has 6 nitrogen and oxygen atoms in total. The lowest BCUT2D eigenvalue weighted by molar-refractivity contribution is 0.246. The summed E-state index contributed by atoms with van der Waals surface area (Å²) in [6.07, 6.45) is 4.09. The van der Waals surface area contributed by atoms with Gasteiger partial charge in [0, 0.05) is 11.8 Å². The number of hydrogen-bond donors (Lipinski definition) is 0. The number of benzene rings is 1. The van der Waals surface area contributed by atoms with Gasteiger partial charge in [-0.05, 0) is 48.7 Å². The molecule has 3 aromatic heterocycles. The highest BCUT2D eigenvalue weighted by atomic mass is 19.1. The van der Waals surface area contributed by atoms with Crippen molar-refractivity contribution in [1.82, 2.24) is 19.6 Å². The molecule has 0 saturated heterocycles. The van der Waals surface area contributed by atoms with Crippen molar-refractivity contribution in [2.24, 2.45) is 0 Å². The fourth-order valence-electron chi connectivity index (χ4n) is 4.42. The molecule has 2 aliphatic rings. The van der Waals surface area contributed by atoms with Crippen molar-refractivity contribution in [3.05, 3.63) is 71.3 Å². The van der Waals surface area contributed by atoms with Crippen LogP contribution in [0.5, 0.6) is 11.5 Å². The van der Waals surface area contributed by atoms with Crippen LogP contribution in [-0.4, -0.2) is 32.8 Å². The molecule has 0 aliphatic carbocycles. The molecule has 0 unspecified atom stereocenters. The van der Waals surface area contributed by atoms with Gasteiger partial charge in [0.2, 0.25) is 0 Å². The summed E-state index contributed by atoms with van der Waals surface area (Å²) in [7, 11) is 0. The molecule has 2 aliphatic heterocycles. The average Bonchev–Trinajstić information content (AvgIpc) is 3.40. The standard InChI is InChI=1S/C22H16F2N4O2/c23-15-4-6-18-20-12(9-29-18)10-30-19-8-14(21-16(24)2-1-7-25-21)22-27-26-11-28(22)17(19)5-3-13(15)20/h1-2,4,6-8,11-12H,3,5,9-10H2/t12-/m1/s1. The summed E-state index contributed by atoms with van der Waals surface area (Å²) in [5.41, 5.74) is 3.52. The lowest BCUT2D eigenvalue weighted by atomic mass is 9.93. The highest BCUT2D eigenvalue weighted by Crippen LogP contribution is 2.41. The Balaban J connectivity index is 1.54. The number of halogens is 2. The Morgan fingerprint density at radius 1 is 1.00 bits per heavy atom.